The van der Waals surface area contributed by atoms with Crippen LogP contribution >= 0.6 is 0 Å². The van der Waals surface area contributed by atoms with E-state index in [-0.39, 0.29) is 5.91 Å². The van der Waals surface area contributed by atoms with Crippen molar-refractivity contribution in [2.75, 3.05) is 56.7 Å². The first-order chi connectivity index (χ1) is 20.6. The largest absolute Gasteiger partial charge is 0.438 e. The van der Waals surface area contributed by atoms with Gasteiger partial charge in [0.1, 0.15) is 24.5 Å². The zero-order chi connectivity index (χ0) is 30.6. The molecule has 5 rings (SSSR count). The van der Waals surface area contributed by atoms with Crippen LogP contribution in [0.3, 0.4) is 0 Å². The number of rotatable bonds is 11. The van der Waals surface area contributed by atoms with Gasteiger partial charge in [-0.3, -0.25) is 4.79 Å². The third-order valence-electron chi connectivity index (χ3n) is 7.83. The van der Waals surface area contributed by atoms with E-state index >= 15 is 0 Å². The van der Waals surface area contributed by atoms with Crippen molar-refractivity contribution in [3.05, 3.63) is 73.6 Å². The number of likely N-dealkylation sites (N-methyl/N-ethyl adjacent to an activating group) is 2. The van der Waals surface area contributed by atoms with Gasteiger partial charge in [0.05, 0.1) is 11.1 Å². The number of ether oxygens (including phenoxy) is 2. The maximum Gasteiger partial charge on any atom is 0.250 e. The lowest BCUT2D eigenvalue weighted by Crippen LogP contribution is -2.44. The SMILES string of the molecule is C=CC(=O)N(C)c1cccc(Oc2ncnc3c2cc(-c2ccc(N4CCN(C)CC4)cc2)n3COCC[Si](C)(C)C)c1. The first-order valence-electron chi connectivity index (χ1n) is 14.8. The number of amides is 1. The smallest absolute Gasteiger partial charge is 0.250 e. The van der Waals surface area contributed by atoms with Crippen molar-refractivity contribution in [3.63, 3.8) is 0 Å². The number of hydrogen-bond donors (Lipinski definition) is 0. The number of carbonyl (C=O) groups is 1. The molecule has 1 fully saturated rings. The monoisotopic (exact) mass is 598 g/mol. The number of nitrogens with zero attached hydrogens (tertiary/aromatic N) is 6. The summed E-state index contributed by atoms with van der Waals surface area (Å²) in [5.41, 5.74) is 4.73. The van der Waals surface area contributed by atoms with Gasteiger partial charge in [-0.15, -0.1) is 0 Å². The molecule has 1 aliphatic heterocycles. The Bertz CT molecular complexity index is 1570. The number of benzene rings is 2. The summed E-state index contributed by atoms with van der Waals surface area (Å²) in [6.07, 6.45) is 2.81. The van der Waals surface area contributed by atoms with Crippen LogP contribution in [0.25, 0.3) is 22.3 Å². The first kappa shape index (κ1) is 30.5. The van der Waals surface area contributed by atoms with E-state index in [9.17, 15) is 4.79 Å². The second kappa shape index (κ2) is 13.1. The highest BCUT2D eigenvalue weighted by Gasteiger charge is 2.20. The van der Waals surface area contributed by atoms with Crippen molar-refractivity contribution in [2.45, 2.75) is 32.4 Å². The molecule has 4 aromatic rings. The van der Waals surface area contributed by atoms with Crippen LogP contribution in [0.1, 0.15) is 0 Å². The Morgan fingerprint density at radius 1 is 1.05 bits per heavy atom. The lowest BCUT2D eigenvalue weighted by Gasteiger charge is -2.34. The molecule has 226 valence electrons. The molecule has 2 aromatic heterocycles. The van der Waals surface area contributed by atoms with E-state index in [1.807, 2.05) is 24.3 Å². The molecule has 0 spiro atoms. The average Bonchev–Trinajstić information content (AvgIpc) is 3.38. The molecule has 0 saturated carbocycles. The van der Waals surface area contributed by atoms with Crippen molar-refractivity contribution in [1.82, 2.24) is 19.4 Å². The molecule has 3 heterocycles. The van der Waals surface area contributed by atoms with Crippen LogP contribution < -0.4 is 14.5 Å². The van der Waals surface area contributed by atoms with Crippen molar-refractivity contribution >= 4 is 36.4 Å². The highest BCUT2D eigenvalue weighted by molar-refractivity contribution is 6.76. The van der Waals surface area contributed by atoms with Crippen molar-refractivity contribution in [3.8, 4) is 22.9 Å². The third-order valence-corrected chi connectivity index (χ3v) is 9.53. The van der Waals surface area contributed by atoms with E-state index in [1.165, 1.54) is 23.0 Å². The summed E-state index contributed by atoms with van der Waals surface area (Å²) >= 11 is 0. The molecule has 1 saturated heterocycles. The standard InChI is InChI=1S/C33H42N6O3Si/c1-7-31(40)37(3)27-9-8-10-28(21-27)42-33-29-22-30(25-11-13-26(14-12-25)38-17-15-36(2)16-18-38)39(32(29)34-23-35-33)24-41-19-20-43(4,5)6/h7-14,21-23H,1,15-20,24H2,2-6H3. The van der Waals surface area contributed by atoms with E-state index in [4.69, 9.17) is 9.47 Å². The summed E-state index contributed by atoms with van der Waals surface area (Å²) in [7, 11) is 2.65. The van der Waals surface area contributed by atoms with Gasteiger partial charge in [-0.1, -0.05) is 44.4 Å². The molecule has 1 amide bonds. The lowest BCUT2D eigenvalue weighted by molar-refractivity contribution is -0.113. The van der Waals surface area contributed by atoms with Gasteiger partial charge in [0.25, 0.3) is 0 Å². The van der Waals surface area contributed by atoms with Gasteiger partial charge < -0.3 is 28.7 Å². The quantitative estimate of drug-likeness (QED) is 0.117. The van der Waals surface area contributed by atoms with Gasteiger partial charge in [-0.2, -0.15) is 0 Å². The topological polar surface area (TPSA) is 76.0 Å². The van der Waals surface area contributed by atoms with Crippen LogP contribution in [0.2, 0.25) is 25.7 Å². The number of anilines is 2. The third kappa shape index (κ3) is 7.33. The van der Waals surface area contributed by atoms with E-state index in [0.717, 1.165) is 54.5 Å². The normalized spacial score (nSPS) is 14.2. The molecule has 0 unspecified atom stereocenters. The lowest BCUT2D eigenvalue weighted by atomic mass is 10.1. The molecule has 43 heavy (non-hydrogen) atoms. The van der Waals surface area contributed by atoms with Crippen molar-refractivity contribution < 1.29 is 14.3 Å². The van der Waals surface area contributed by atoms with Crippen LogP contribution in [-0.4, -0.2) is 80.3 Å². The van der Waals surface area contributed by atoms with E-state index in [1.54, 1.807) is 7.05 Å². The Hall–Kier alpha value is -3.99. The Balaban J connectivity index is 1.47. The molecular formula is C33H42N6O3Si. The maximum atomic E-state index is 12.1. The van der Waals surface area contributed by atoms with E-state index in [2.05, 4.69) is 87.9 Å². The van der Waals surface area contributed by atoms with Gasteiger partial charge in [-0.05, 0) is 55.1 Å². The number of piperazine rings is 1. The minimum atomic E-state index is -1.23. The molecule has 1 aliphatic rings. The number of aromatic nitrogens is 3. The zero-order valence-electron chi connectivity index (χ0n) is 25.9. The van der Waals surface area contributed by atoms with Crippen molar-refractivity contribution in [2.24, 2.45) is 0 Å². The molecule has 0 aliphatic carbocycles. The first-order valence-corrected chi connectivity index (χ1v) is 18.5. The maximum absolute atomic E-state index is 12.1. The Morgan fingerprint density at radius 3 is 2.49 bits per heavy atom. The second-order valence-electron chi connectivity index (χ2n) is 12.3. The fourth-order valence-electron chi connectivity index (χ4n) is 5.07. The molecule has 0 bridgehead atoms. The summed E-state index contributed by atoms with van der Waals surface area (Å²) in [6.45, 7) is 15.9. The number of hydrogen-bond acceptors (Lipinski definition) is 7. The van der Waals surface area contributed by atoms with Crippen LogP contribution in [0.5, 0.6) is 11.6 Å². The van der Waals surface area contributed by atoms with Gasteiger partial charge in [0.15, 0.2) is 0 Å². The summed E-state index contributed by atoms with van der Waals surface area (Å²) in [5, 5.41) is 0.787. The minimum Gasteiger partial charge on any atom is -0.438 e. The summed E-state index contributed by atoms with van der Waals surface area (Å²) in [4.78, 5) is 27.6. The fourth-order valence-corrected chi connectivity index (χ4v) is 5.82. The van der Waals surface area contributed by atoms with Gasteiger partial charge in [0.2, 0.25) is 11.8 Å². The Labute approximate surface area is 255 Å². The Morgan fingerprint density at radius 2 is 1.79 bits per heavy atom. The highest BCUT2D eigenvalue weighted by atomic mass is 28.3. The number of carbonyl (C=O) groups excluding carboxylic acids is 1. The molecule has 9 nitrogen and oxygen atoms in total. The highest BCUT2D eigenvalue weighted by Crippen LogP contribution is 2.35. The predicted molar refractivity (Wildman–Crippen MR) is 177 cm³/mol. The van der Waals surface area contributed by atoms with Gasteiger partial charge in [0, 0.05) is 65.3 Å². The fraction of sp³-hybridized carbons (Fsp3) is 0.364. The molecule has 10 heteroatoms. The van der Waals surface area contributed by atoms with E-state index in [0.29, 0.717) is 30.7 Å². The van der Waals surface area contributed by atoms with Crippen LogP contribution in [-0.2, 0) is 16.3 Å². The Kier molecular flexibility index (Phi) is 9.29. The number of fused-ring (bicyclic) bond motifs is 1. The molecule has 0 atom stereocenters. The van der Waals surface area contributed by atoms with Crippen LogP contribution in [0, 0.1) is 0 Å². The van der Waals surface area contributed by atoms with Gasteiger partial charge >= 0.3 is 0 Å². The van der Waals surface area contributed by atoms with E-state index < -0.39 is 8.07 Å². The predicted octanol–water partition coefficient (Wildman–Crippen LogP) is 6.10. The average molecular weight is 599 g/mol. The van der Waals surface area contributed by atoms with Gasteiger partial charge in [-0.25, -0.2) is 9.97 Å². The molecule has 2 aromatic carbocycles. The second-order valence-corrected chi connectivity index (χ2v) is 17.9. The molecule has 0 radical (unpaired) electrons. The molecule has 0 N–H and O–H groups in total. The van der Waals surface area contributed by atoms with Crippen LogP contribution in [0.15, 0.2) is 73.6 Å². The summed E-state index contributed by atoms with van der Waals surface area (Å²) in [5.74, 6) is 0.811. The summed E-state index contributed by atoms with van der Waals surface area (Å²) < 4.78 is 14.6. The van der Waals surface area contributed by atoms with Crippen molar-refractivity contribution in [1.29, 1.82) is 0 Å². The minimum absolute atomic E-state index is 0.198. The zero-order valence-corrected chi connectivity index (χ0v) is 26.9. The molecular weight excluding hydrogens is 556 g/mol. The summed E-state index contributed by atoms with van der Waals surface area (Å²) in [6, 6.07) is 19.3. The van der Waals surface area contributed by atoms with Crippen LogP contribution in [0.4, 0.5) is 11.4 Å².